The lowest BCUT2D eigenvalue weighted by atomic mass is 9.90. The fourth-order valence-electron chi connectivity index (χ4n) is 3.35. The van der Waals surface area contributed by atoms with Gasteiger partial charge in [0, 0.05) is 6.54 Å². The standard InChI is InChI=1S/C21H26N2O2/c1-2-12-22-21(24)20-9-8-19(25-20)16-23-13-10-18(11-14-23)15-17-6-4-3-5-7-17/h2-9,18H,1,10-16H2,(H,22,24). The molecule has 2 heterocycles. The summed E-state index contributed by atoms with van der Waals surface area (Å²) in [4.78, 5) is 14.3. The van der Waals surface area contributed by atoms with Gasteiger partial charge in [-0.2, -0.15) is 0 Å². The number of carbonyl (C=O) groups is 1. The molecule has 1 amide bonds. The van der Waals surface area contributed by atoms with E-state index in [2.05, 4.69) is 47.1 Å². The monoisotopic (exact) mass is 338 g/mol. The van der Waals surface area contributed by atoms with Crippen LogP contribution in [-0.2, 0) is 13.0 Å². The van der Waals surface area contributed by atoms with Crippen LogP contribution in [0.15, 0.2) is 59.5 Å². The van der Waals surface area contributed by atoms with Crippen LogP contribution < -0.4 is 5.32 Å². The first-order chi connectivity index (χ1) is 12.2. The molecule has 0 bridgehead atoms. The van der Waals surface area contributed by atoms with Crippen molar-refractivity contribution in [3.8, 4) is 0 Å². The number of benzene rings is 1. The summed E-state index contributed by atoms with van der Waals surface area (Å²) in [5.41, 5.74) is 1.43. The topological polar surface area (TPSA) is 45.5 Å². The maximum Gasteiger partial charge on any atom is 0.287 e. The smallest absolute Gasteiger partial charge is 0.287 e. The first-order valence-electron chi connectivity index (χ1n) is 8.98. The molecule has 1 aromatic carbocycles. The van der Waals surface area contributed by atoms with Crippen molar-refractivity contribution >= 4 is 5.91 Å². The van der Waals surface area contributed by atoms with Crippen LogP contribution in [0.25, 0.3) is 0 Å². The van der Waals surface area contributed by atoms with Crippen molar-refractivity contribution in [2.75, 3.05) is 19.6 Å². The predicted octanol–water partition coefficient (Wildman–Crippen LogP) is 3.65. The van der Waals surface area contributed by atoms with Gasteiger partial charge in [0.25, 0.3) is 5.91 Å². The molecular formula is C21H26N2O2. The van der Waals surface area contributed by atoms with Crippen molar-refractivity contribution in [1.29, 1.82) is 0 Å². The van der Waals surface area contributed by atoms with Crippen LogP contribution in [-0.4, -0.2) is 30.4 Å². The molecule has 1 fully saturated rings. The number of piperidine rings is 1. The molecule has 4 nitrogen and oxygen atoms in total. The summed E-state index contributed by atoms with van der Waals surface area (Å²) in [5.74, 6) is 1.80. The van der Waals surface area contributed by atoms with Gasteiger partial charge in [0.1, 0.15) is 5.76 Å². The molecule has 0 atom stereocenters. The first-order valence-corrected chi connectivity index (χ1v) is 8.98. The zero-order chi connectivity index (χ0) is 17.5. The minimum atomic E-state index is -0.187. The van der Waals surface area contributed by atoms with E-state index in [1.807, 2.05) is 6.07 Å². The number of amides is 1. The Bertz CT molecular complexity index is 685. The lowest BCUT2D eigenvalue weighted by molar-refractivity contribution is 0.0925. The fraction of sp³-hybridized carbons (Fsp3) is 0.381. The third-order valence-electron chi connectivity index (χ3n) is 4.75. The van der Waals surface area contributed by atoms with Crippen LogP contribution in [0.5, 0.6) is 0 Å². The molecule has 0 aliphatic carbocycles. The van der Waals surface area contributed by atoms with Gasteiger partial charge in [-0.3, -0.25) is 9.69 Å². The summed E-state index contributed by atoms with van der Waals surface area (Å²) < 4.78 is 5.68. The first kappa shape index (κ1) is 17.5. The van der Waals surface area contributed by atoms with Crippen LogP contribution >= 0.6 is 0 Å². The summed E-state index contributed by atoms with van der Waals surface area (Å²) in [5, 5.41) is 2.73. The van der Waals surface area contributed by atoms with E-state index < -0.39 is 0 Å². The van der Waals surface area contributed by atoms with Crippen LogP contribution in [0.1, 0.15) is 34.7 Å². The lowest BCUT2D eigenvalue weighted by Gasteiger charge is -2.31. The number of nitrogens with zero attached hydrogens (tertiary/aromatic N) is 1. The number of hydrogen-bond acceptors (Lipinski definition) is 3. The van der Waals surface area contributed by atoms with Crippen molar-refractivity contribution in [3.05, 3.63) is 72.2 Å². The molecule has 2 aromatic rings. The molecule has 0 unspecified atom stereocenters. The van der Waals surface area contributed by atoms with E-state index in [0.717, 1.165) is 31.3 Å². The molecule has 0 saturated carbocycles. The Morgan fingerprint density at radius 2 is 1.96 bits per heavy atom. The van der Waals surface area contributed by atoms with Crippen molar-refractivity contribution < 1.29 is 9.21 Å². The summed E-state index contributed by atoms with van der Waals surface area (Å²) in [7, 11) is 0. The van der Waals surface area contributed by atoms with E-state index in [4.69, 9.17) is 4.42 Å². The van der Waals surface area contributed by atoms with Gasteiger partial charge in [-0.15, -0.1) is 6.58 Å². The van der Waals surface area contributed by atoms with E-state index in [0.29, 0.717) is 12.3 Å². The molecule has 3 rings (SSSR count). The minimum absolute atomic E-state index is 0.187. The minimum Gasteiger partial charge on any atom is -0.455 e. The molecule has 0 spiro atoms. The van der Waals surface area contributed by atoms with Crippen molar-refractivity contribution in [1.82, 2.24) is 10.2 Å². The van der Waals surface area contributed by atoms with Crippen LogP contribution in [0.3, 0.4) is 0 Å². The molecule has 1 aliphatic heterocycles. The Kier molecular flexibility index (Phi) is 6.07. The highest BCUT2D eigenvalue weighted by atomic mass is 16.4. The quantitative estimate of drug-likeness (QED) is 0.784. The summed E-state index contributed by atoms with van der Waals surface area (Å²) in [6, 6.07) is 14.4. The summed E-state index contributed by atoms with van der Waals surface area (Å²) in [6.45, 7) is 6.97. The highest BCUT2D eigenvalue weighted by Gasteiger charge is 2.21. The van der Waals surface area contributed by atoms with Crippen molar-refractivity contribution in [3.63, 3.8) is 0 Å². The Hall–Kier alpha value is -2.33. The molecule has 1 aromatic heterocycles. The van der Waals surface area contributed by atoms with Gasteiger partial charge in [0.15, 0.2) is 5.76 Å². The zero-order valence-corrected chi connectivity index (χ0v) is 14.6. The molecule has 1 saturated heterocycles. The normalized spacial score (nSPS) is 15.8. The third-order valence-corrected chi connectivity index (χ3v) is 4.75. The second-order valence-electron chi connectivity index (χ2n) is 6.67. The van der Waals surface area contributed by atoms with Gasteiger partial charge < -0.3 is 9.73 Å². The van der Waals surface area contributed by atoms with Crippen molar-refractivity contribution in [2.24, 2.45) is 5.92 Å². The summed E-state index contributed by atoms with van der Waals surface area (Å²) >= 11 is 0. The lowest BCUT2D eigenvalue weighted by Crippen LogP contribution is -2.33. The zero-order valence-electron chi connectivity index (χ0n) is 14.6. The van der Waals surface area contributed by atoms with E-state index >= 15 is 0 Å². The third kappa shape index (κ3) is 5.07. The maximum atomic E-state index is 11.9. The van der Waals surface area contributed by atoms with Crippen LogP contribution in [0, 0.1) is 5.92 Å². The number of likely N-dealkylation sites (tertiary alicyclic amines) is 1. The molecule has 25 heavy (non-hydrogen) atoms. The molecule has 0 radical (unpaired) electrons. The highest BCUT2D eigenvalue weighted by molar-refractivity contribution is 5.91. The van der Waals surface area contributed by atoms with Gasteiger partial charge >= 0.3 is 0 Å². The Morgan fingerprint density at radius 3 is 2.68 bits per heavy atom. The van der Waals surface area contributed by atoms with Gasteiger partial charge in [-0.05, 0) is 56.0 Å². The van der Waals surface area contributed by atoms with E-state index in [1.54, 1.807) is 12.1 Å². The van der Waals surface area contributed by atoms with Crippen molar-refractivity contribution in [2.45, 2.75) is 25.8 Å². The largest absolute Gasteiger partial charge is 0.455 e. The molecule has 4 heteroatoms. The Morgan fingerprint density at radius 1 is 1.20 bits per heavy atom. The number of furan rings is 1. The number of carbonyl (C=O) groups excluding carboxylic acids is 1. The summed E-state index contributed by atoms with van der Waals surface area (Å²) in [6.07, 6.45) is 5.25. The maximum absolute atomic E-state index is 11.9. The highest BCUT2D eigenvalue weighted by Crippen LogP contribution is 2.23. The predicted molar refractivity (Wildman–Crippen MR) is 99.4 cm³/mol. The van der Waals surface area contributed by atoms with Gasteiger partial charge in [-0.1, -0.05) is 36.4 Å². The van der Waals surface area contributed by atoms with Crippen LogP contribution in [0.2, 0.25) is 0 Å². The molecular weight excluding hydrogens is 312 g/mol. The van der Waals surface area contributed by atoms with Crippen LogP contribution in [0.4, 0.5) is 0 Å². The van der Waals surface area contributed by atoms with E-state index in [-0.39, 0.29) is 5.91 Å². The second-order valence-corrected chi connectivity index (χ2v) is 6.67. The second kappa shape index (κ2) is 8.67. The Balaban J connectivity index is 1.45. The average Bonchev–Trinajstić information content (AvgIpc) is 3.11. The Labute approximate surface area is 149 Å². The van der Waals surface area contributed by atoms with Gasteiger partial charge in [-0.25, -0.2) is 0 Å². The number of nitrogens with one attached hydrogen (secondary N) is 1. The van der Waals surface area contributed by atoms with Gasteiger partial charge in [0.2, 0.25) is 0 Å². The molecule has 1 N–H and O–H groups in total. The number of hydrogen-bond donors (Lipinski definition) is 1. The van der Waals surface area contributed by atoms with Gasteiger partial charge in [0.05, 0.1) is 6.54 Å². The molecule has 1 aliphatic rings. The fourth-order valence-corrected chi connectivity index (χ4v) is 3.35. The average molecular weight is 338 g/mol. The SMILES string of the molecule is C=CCNC(=O)c1ccc(CN2CCC(Cc3ccccc3)CC2)o1. The molecule has 132 valence electrons. The van der Waals surface area contributed by atoms with E-state index in [9.17, 15) is 4.79 Å². The van der Waals surface area contributed by atoms with E-state index in [1.165, 1.54) is 24.8 Å². The number of rotatable bonds is 7.